The van der Waals surface area contributed by atoms with Gasteiger partial charge in [-0.1, -0.05) is 6.07 Å². The van der Waals surface area contributed by atoms with E-state index in [9.17, 15) is 9.36 Å². The molecule has 22 heavy (non-hydrogen) atoms. The van der Waals surface area contributed by atoms with Crippen LogP contribution in [0.2, 0.25) is 0 Å². The van der Waals surface area contributed by atoms with Gasteiger partial charge < -0.3 is 25.8 Å². The summed E-state index contributed by atoms with van der Waals surface area (Å²) in [5, 5.41) is 0.797. The van der Waals surface area contributed by atoms with Crippen LogP contribution < -0.4 is 11.5 Å². The molecule has 0 aliphatic rings. The molecule has 0 aliphatic carbocycles. The first-order chi connectivity index (χ1) is 10.1. The monoisotopic (exact) mass is 324 g/mol. The van der Waals surface area contributed by atoms with Crippen molar-refractivity contribution in [1.82, 2.24) is 4.57 Å². The number of hydrogen-bond acceptors (Lipinski definition) is 2. The number of aliphatic imine (C=N–C) groups is 1. The Morgan fingerprint density at radius 1 is 1.32 bits per heavy atom. The molecule has 1 aromatic carbocycles. The first-order valence-electron chi connectivity index (χ1n) is 6.36. The van der Waals surface area contributed by atoms with Gasteiger partial charge in [-0.2, -0.15) is 4.99 Å². The number of nitrogens with two attached hydrogens (primary N) is 2. The SMILES string of the molecule is Cc1cc(CP(=O)(O)O)cc2c1cc(C(=O)N=C(N)N)n2C. The number of benzene rings is 1. The normalized spacial score (nSPS) is 11.6. The van der Waals surface area contributed by atoms with E-state index in [0.717, 1.165) is 10.9 Å². The molecule has 2 aromatic rings. The van der Waals surface area contributed by atoms with Crippen molar-refractivity contribution in [3.8, 4) is 0 Å². The fourth-order valence-electron chi connectivity index (χ4n) is 2.39. The Morgan fingerprint density at radius 3 is 2.50 bits per heavy atom. The highest BCUT2D eigenvalue weighted by atomic mass is 31.2. The molecule has 0 saturated heterocycles. The number of rotatable bonds is 3. The summed E-state index contributed by atoms with van der Waals surface area (Å²) in [6.07, 6.45) is -0.355. The number of aromatic nitrogens is 1. The second-order valence-corrected chi connectivity index (χ2v) is 6.74. The van der Waals surface area contributed by atoms with Gasteiger partial charge in [-0.15, -0.1) is 0 Å². The van der Waals surface area contributed by atoms with Gasteiger partial charge in [-0.25, -0.2) is 0 Å². The number of amides is 1. The minimum Gasteiger partial charge on any atom is -0.370 e. The number of fused-ring (bicyclic) bond motifs is 1. The Labute approximate surface area is 126 Å². The lowest BCUT2D eigenvalue weighted by Gasteiger charge is -2.07. The summed E-state index contributed by atoms with van der Waals surface area (Å²) in [4.78, 5) is 33.7. The van der Waals surface area contributed by atoms with Crippen LogP contribution in [-0.2, 0) is 17.8 Å². The molecule has 1 amide bonds. The van der Waals surface area contributed by atoms with Gasteiger partial charge in [0.2, 0.25) is 0 Å². The van der Waals surface area contributed by atoms with Gasteiger partial charge in [0, 0.05) is 18.0 Å². The molecular formula is C13H17N4O4P. The Morgan fingerprint density at radius 2 is 1.95 bits per heavy atom. The third kappa shape index (κ3) is 3.36. The third-order valence-corrected chi connectivity index (χ3v) is 4.04. The van der Waals surface area contributed by atoms with Crippen molar-refractivity contribution in [2.24, 2.45) is 23.5 Å². The molecule has 8 nitrogen and oxygen atoms in total. The Bertz CT molecular complexity index is 830. The van der Waals surface area contributed by atoms with Gasteiger partial charge in [0.1, 0.15) is 5.69 Å². The number of carbonyl (C=O) groups excluding carboxylic acids is 1. The molecule has 1 heterocycles. The topological polar surface area (TPSA) is 144 Å². The molecule has 0 bridgehead atoms. The van der Waals surface area contributed by atoms with Gasteiger partial charge in [-0.3, -0.25) is 9.36 Å². The van der Waals surface area contributed by atoms with E-state index in [1.807, 2.05) is 0 Å². The molecule has 6 N–H and O–H groups in total. The molecule has 0 spiro atoms. The quantitative estimate of drug-likeness (QED) is 0.369. The molecule has 2 rings (SSSR count). The zero-order valence-corrected chi connectivity index (χ0v) is 13.0. The predicted molar refractivity (Wildman–Crippen MR) is 83.5 cm³/mol. The zero-order valence-electron chi connectivity index (χ0n) is 12.1. The number of aryl methyl sites for hydroxylation is 2. The summed E-state index contributed by atoms with van der Waals surface area (Å²) >= 11 is 0. The van der Waals surface area contributed by atoms with E-state index in [-0.39, 0.29) is 12.1 Å². The van der Waals surface area contributed by atoms with Crippen LogP contribution >= 0.6 is 7.60 Å². The second-order valence-electron chi connectivity index (χ2n) is 5.10. The zero-order chi connectivity index (χ0) is 16.7. The number of carbonyl (C=O) groups is 1. The Balaban J connectivity index is 2.60. The number of nitrogens with zero attached hydrogens (tertiary/aromatic N) is 2. The van der Waals surface area contributed by atoms with E-state index >= 15 is 0 Å². The molecule has 1 aromatic heterocycles. The number of guanidine groups is 1. The average Bonchev–Trinajstić information content (AvgIpc) is 2.65. The Kier molecular flexibility index (Phi) is 4.10. The van der Waals surface area contributed by atoms with Crippen molar-refractivity contribution in [2.75, 3.05) is 0 Å². The van der Waals surface area contributed by atoms with Gasteiger partial charge >= 0.3 is 7.60 Å². The van der Waals surface area contributed by atoms with Crippen molar-refractivity contribution >= 4 is 30.4 Å². The molecular weight excluding hydrogens is 307 g/mol. The highest BCUT2D eigenvalue weighted by Crippen LogP contribution is 2.40. The maximum absolute atomic E-state index is 12.0. The van der Waals surface area contributed by atoms with Gasteiger partial charge in [0.25, 0.3) is 5.91 Å². The molecule has 118 valence electrons. The Hall–Kier alpha value is -2.15. The second kappa shape index (κ2) is 5.57. The van der Waals surface area contributed by atoms with Gasteiger partial charge in [0.05, 0.1) is 6.16 Å². The van der Waals surface area contributed by atoms with Gasteiger partial charge in [-0.05, 0) is 30.2 Å². The first kappa shape index (κ1) is 16.2. The lowest BCUT2D eigenvalue weighted by Crippen LogP contribution is -2.24. The summed E-state index contributed by atoms with van der Waals surface area (Å²) in [7, 11) is -2.50. The van der Waals surface area contributed by atoms with Crippen molar-refractivity contribution < 1.29 is 19.1 Å². The summed E-state index contributed by atoms with van der Waals surface area (Å²) in [5.41, 5.74) is 12.7. The van der Waals surface area contributed by atoms with Crippen molar-refractivity contribution in [2.45, 2.75) is 13.1 Å². The largest absolute Gasteiger partial charge is 0.370 e. The van der Waals surface area contributed by atoms with Crippen LogP contribution in [0.5, 0.6) is 0 Å². The van der Waals surface area contributed by atoms with E-state index in [0.29, 0.717) is 16.8 Å². The minimum atomic E-state index is -4.16. The highest BCUT2D eigenvalue weighted by Gasteiger charge is 2.18. The van der Waals surface area contributed by atoms with Crippen LogP contribution in [0.3, 0.4) is 0 Å². The van der Waals surface area contributed by atoms with E-state index in [4.69, 9.17) is 21.3 Å². The summed E-state index contributed by atoms with van der Waals surface area (Å²) in [6.45, 7) is 1.81. The van der Waals surface area contributed by atoms with Crippen molar-refractivity contribution in [3.05, 3.63) is 35.0 Å². The molecule has 0 saturated carbocycles. The van der Waals surface area contributed by atoms with Crippen LogP contribution in [-0.4, -0.2) is 26.2 Å². The van der Waals surface area contributed by atoms with E-state index in [1.165, 1.54) is 0 Å². The van der Waals surface area contributed by atoms with E-state index in [2.05, 4.69) is 4.99 Å². The molecule has 0 fully saturated rings. The fourth-order valence-corrected chi connectivity index (χ4v) is 3.05. The van der Waals surface area contributed by atoms with Crippen molar-refractivity contribution in [1.29, 1.82) is 0 Å². The van der Waals surface area contributed by atoms with Crippen LogP contribution in [0.1, 0.15) is 21.6 Å². The first-order valence-corrected chi connectivity index (χ1v) is 8.16. The van der Waals surface area contributed by atoms with Gasteiger partial charge in [0.15, 0.2) is 5.96 Å². The van der Waals surface area contributed by atoms with Crippen LogP contribution in [0.4, 0.5) is 0 Å². The van der Waals surface area contributed by atoms with Crippen LogP contribution in [0, 0.1) is 6.92 Å². The van der Waals surface area contributed by atoms with E-state index in [1.54, 1.807) is 36.7 Å². The summed E-state index contributed by atoms with van der Waals surface area (Å²) in [6, 6.07) is 4.99. The molecule has 0 atom stereocenters. The standard InChI is InChI=1S/C13H17N4O4P/c1-7-3-8(6-22(19,20)21)4-10-9(7)5-11(17(10)2)12(18)16-13(14)15/h3-5H,6H2,1-2H3,(H2,19,20,21)(H4,14,15,16,18). The molecule has 9 heteroatoms. The maximum atomic E-state index is 12.0. The lowest BCUT2D eigenvalue weighted by atomic mass is 10.1. The number of hydrogen-bond donors (Lipinski definition) is 4. The highest BCUT2D eigenvalue weighted by molar-refractivity contribution is 7.50. The fraction of sp³-hybridized carbons (Fsp3) is 0.231. The molecule has 0 unspecified atom stereocenters. The molecule has 0 radical (unpaired) electrons. The van der Waals surface area contributed by atoms with Crippen LogP contribution in [0.15, 0.2) is 23.2 Å². The summed E-state index contributed by atoms with van der Waals surface area (Å²) in [5.74, 6) is -0.899. The lowest BCUT2D eigenvalue weighted by molar-refractivity contribution is 0.0995. The summed E-state index contributed by atoms with van der Waals surface area (Å²) < 4.78 is 12.8. The predicted octanol–water partition coefficient (Wildman–Crippen LogP) is 0.578. The molecule has 0 aliphatic heterocycles. The smallest absolute Gasteiger partial charge is 0.329 e. The van der Waals surface area contributed by atoms with Crippen molar-refractivity contribution in [3.63, 3.8) is 0 Å². The third-order valence-electron chi connectivity index (χ3n) is 3.27. The average molecular weight is 324 g/mol. The van der Waals surface area contributed by atoms with E-state index < -0.39 is 13.5 Å². The van der Waals surface area contributed by atoms with Crippen LogP contribution in [0.25, 0.3) is 10.9 Å². The minimum absolute atomic E-state index is 0.292. The maximum Gasteiger partial charge on any atom is 0.329 e.